The van der Waals surface area contributed by atoms with Gasteiger partial charge in [0.2, 0.25) is 0 Å². The molecule has 28 heavy (non-hydrogen) atoms. The zero-order valence-electron chi connectivity index (χ0n) is 16.3. The lowest BCUT2D eigenvalue weighted by Gasteiger charge is -2.36. The Kier molecular flexibility index (Phi) is 6.73. The number of para-hydroxylation sites is 3. The third-order valence-electron chi connectivity index (χ3n) is 5.17. The Bertz CT molecular complexity index is 857. The SMILES string of the molecule is [11CH3]Oc1ccccc1N1CCN(CCCCSc2nc3ccccc3s2)CC1. The minimum absolute atomic E-state index is 0.975. The number of thiazole rings is 1. The average Bonchev–Trinajstić information content (AvgIpc) is 3.17. The van der Waals surface area contributed by atoms with E-state index in [-0.39, 0.29) is 0 Å². The van der Waals surface area contributed by atoms with E-state index in [4.69, 9.17) is 9.72 Å². The summed E-state index contributed by atoms with van der Waals surface area (Å²) in [5, 5.41) is 0. The van der Waals surface area contributed by atoms with Crippen LogP contribution in [0.1, 0.15) is 12.8 Å². The van der Waals surface area contributed by atoms with E-state index in [1.165, 1.54) is 34.1 Å². The summed E-state index contributed by atoms with van der Waals surface area (Å²) >= 11 is 3.71. The van der Waals surface area contributed by atoms with Crippen molar-refractivity contribution in [2.45, 2.75) is 17.2 Å². The normalized spacial score (nSPS) is 15.2. The van der Waals surface area contributed by atoms with Gasteiger partial charge in [0, 0.05) is 31.9 Å². The molecule has 0 unspecified atom stereocenters. The Balaban J connectivity index is 1.16. The molecular weight excluding hydrogens is 385 g/mol. The van der Waals surface area contributed by atoms with E-state index in [0.717, 1.165) is 43.2 Å². The van der Waals surface area contributed by atoms with E-state index < -0.39 is 0 Å². The number of thioether (sulfide) groups is 1. The number of benzene rings is 2. The molecule has 4 nitrogen and oxygen atoms in total. The fourth-order valence-corrected chi connectivity index (χ4v) is 5.75. The molecule has 2 heterocycles. The molecule has 0 aliphatic carbocycles. The van der Waals surface area contributed by atoms with Crippen LogP contribution in [0.4, 0.5) is 5.69 Å². The first-order valence-corrected chi connectivity index (χ1v) is 11.7. The third-order valence-corrected chi connectivity index (χ3v) is 7.43. The third kappa shape index (κ3) is 4.80. The Morgan fingerprint density at radius 2 is 1.79 bits per heavy atom. The summed E-state index contributed by atoms with van der Waals surface area (Å²) in [5.74, 6) is 2.13. The van der Waals surface area contributed by atoms with Crippen molar-refractivity contribution in [3.05, 3.63) is 48.5 Å². The number of fused-ring (bicyclic) bond motifs is 1. The van der Waals surface area contributed by atoms with Gasteiger partial charge in [-0.25, -0.2) is 4.98 Å². The fraction of sp³-hybridized carbons (Fsp3) is 0.409. The van der Waals surface area contributed by atoms with Gasteiger partial charge in [0.15, 0.2) is 4.34 Å². The average molecular weight is 413 g/mol. The zero-order valence-corrected chi connectivity index (χ0v) is 18.0. The van der Waals surface area contributed by atoms with Crippen molar-refractivity contribution in [2.75, 3.05) is 50.5 Å². The summed E-state index contributed by atoms with van der Waals surface area (Å²) in [6, 6.07) is 16.7. The molecule has 0 N–H and O–H groups in total. The highest BCUT2D eigenvalue weighted by Crippen LogP contribution is 2.30. The first-order valence-electron chi connectivity index (χ1n) is 9.92. The van der Waals surface area contributed by atoms with Crippen LogP contribution in [-0.4, -0.2) is 55.5 Å². The number of nitrogens with zero attached hydrogens (tertiary/aromatic N) is 3. The van der Waals surface area contributed by atoms with Crippen molar-refractivity contribution in [3.8, 4) is 5.75 Å². The van der Waals surface area contributed by atoms with Gasteiger partial charge in [-0.1, -0.05) is 36.0 Å². The van der Waals surface area contributed by atoms with Gasteiger partial charge >= 0.3 is 0 Å². The van der Waals surface area contributed by atoms with E-state index in [1.807, 2.05) is 35.2 Å². The Hall–Kier alpha value is -1.76. The second-order valence-electron chi connectivity index (χ2n) is 7.00. The van der Waals surface area contributed by atoms with Gasteiger partial charge in [-0.3, -0.25) is 4.90 Å². The molecule has 2 aromatic carbocycles. The molecule has 0 radical (unpaired) electrons. The number of aromatic nitrogens is 1. The molecule has 4 rings (SSSR count). The van der Waals surface area contributed by atoms with Crippen LogP contribution >= 0.6 is 23.1 Å². The minimum Gasteiger partial charge on any atom is -0.495 e. The summed E-state index contributed by atoms with van der Waals surface area (Å²) in [6.07, 6.45) is 2.50. The number of methoxy groups -OCH3 is 1. The predicted octanol–water partition coefficient (Wildman–Crippen LogP) is 5.00. The molecule has 1 saturated heterocycles. The first-order chi connectivity index (χ1) is 13.8. The van der Waals surface area contributed by atoms with Crippen LogP contribution < -0.4 is 9.64 Å². The van der Waals surface area contributed by atoms with Crippen LogP contribution in [-0.2, 0) is 0 Å². The van der Waals surface area contributed by atoms with Gasteiger partial charge in [-0.2, -0.15) is 0 Å². The Morgan fingerprint density at radius 1 is 1.00 bits per heavy atom. The molecule has 0 amide bonds. The maximum atomic E-state index is 5.51. The number of hydrogen-bond acceptors (Lipinski definition) is 6. The second-order valence-corrected chi connectivity index (χ2v) is 9.38. The standard InChI is InChI=1S/C22H27N3OS2/c1-26-20-10-4-3-9-19(20)25-15-13-24(14-16-25)12-6-7-17-27-22-23-18-8-2-5-11-21(18)28-22/h2-5,8-11H,6-7,12-17H2,1H3/i1-1. The first kappa shape index (κ1) is 19.6. The van der Waals surface area contributed by atoms with Crippen molar-refractivity contribution in [1.82, 2.24) is 9.88 Å². The maximum absolute atomic E-state index is 5.51. The monoisotopic (exact) mass is 412 g/mol. The highest BCUT2D eigenvalue weighted by molar-refractivity contribution is 8.01. The van der Waals surface area contributed by atoms with Crippen molar-refractivity contribution < 1.29 is 4.74 Å². The topological polar surface area (TPSA) is 28.6 Å². The molecule has 3 aromatic rings. The largest absolute Gasteiger partial charge is 0.495 e. The molecular formula is C22H27N3OS2. The van der Waals surface area contributed by atoms with E-state index >= 15 is 0 Å². The van der Waals surface area contributed by atoms with E-state index in [2.05, 4.69) is 46.2 Å². The Morgan fingerprint density at radius 3 is 2.61 bits per heavy atom. The lowest BCUT2D eigenvalue weighted by molar-refractivity contribution is 0.253. The minimum atomic E-state index is 0.975. The van der Waals surface area contributed by atoms with Crippen LogP contribution in [0.5, 0.6) is 5.75 Å². The number of hydrogen-bond donors (Lipinski definition) is 0. The van der Waals surface area contributed by atoms with Gasteiger partial charge in [0.1, 0.15) is 5.75 Å². The Labute approximate surface area is 175 Å². The van der Waals surface area contributed by atoms with Crippen LogP contribution in [0, 0.1) is 0 Å². The van der Waals surface area contributed by atoms with Crippen molar-refractivity contribution in [3.63, 3.8) is 0 Å². The van der Waals surface area contributed by atoms with Gasteiger partial charge in [-0.15, -0.1) is 11.3 Å². The summed E-state index contributed by atoms with van der Waals surface area (Å²) in [5.41, 5.74) is 2.35. The summed E-state index contributed by atoms with van der Waals surface area (Å²) < 4.78 is 8.00. The lowest BCUT2D eigenvalue weighted by atomic mass is 10.2. The van der Waals surface area contributed by atoms with E-state index in [9.17, 15) is 0 Å². The molecule has 0 saturated carbocycles. The smallest absolute Gasteiger partial charge is 0.151 e. The fourth-order valence-electron chi connectivity index (χ4n) is 3.61. The number of anilines is 1. The molecule has 1 aliphatic heterocycles. The molecule has 0 spiro atoms. The molecule has 0 bridgehead atoms. The summed E-state index contributed by atoms with van der Waals surface area (Å²) in [4.78, 5) is 9.74. The van der Waals surface area contributed by atoms with Crippen LogP contribution in [0.15, 0.2) is 52.9 Å². The molecule has 1 aliphatic rings. The van der Waals surface area contributed by atoms with Crippen LogP contribution in [0.25, 0.3) is 10.2 Å². The highest BCUT2D eigenvalue weighted by Gasteiger charge is 2.19. The van der Waals surface area contributed by atoms with Crippen LogP contribution in [0.2, 0.25) is 0 Å². The quantitative estimate of drug-likeness (QED) is 0.384. The van der Waals surface area contributed by atoms with Crippen LogP contribution in [0.3, 0.4) is 0 Å². The van der Waals surface area contributed by atoms with Crippen molar-refractivity contribution in [2.24, 2.45) is 0 Å². The number of unbranched alkanes of at least 4 members (excludes halogenated alkanes) is 1. The highest BCUT2D eigenvalue weighted by atomic mass is 32.2. The maximum Gasteiger partial charge on any atom is 0.151 e. The van der Waals surface area contributed by atoms with Gasteiger partial charge in [0.25, 0.3) is 0 Å². The molecule has 1 aromatic heterocycles. The lowest BCUT2D eigenvalue weighted by Crippen LogP contribution is -2.46. The van der Waals surface area contributed by atoms with E-state index in [1.54, 1.807) is 7.11 Å². The summed E-state index contributed by atoms with van der Waals surface area (Å²) in [7, 11) is 1.75. The van der Waals surface area contributed by atoms with Crippen molar-refractivity contribution in [1.29, 1.82) is 0 Å². The number of rotatable bonds is 8. The summed E-state index contributed by atoms with van der Waals surface area (Å²) in [6.45, 7) is 5.59. The molecule has 148 valence electrons. The zero-order chi connectivity index (χ0) is 19.2. The molecule has 1 fully saturated rings. The van der Waals surface area contributed by atoms with Gasteiger partial charge in [-0.05, 0) is 43.7 Å². The number of ether oxygens (including phenoxy) is 1. The molecule has 0 atom stereocenters. The van der Waals surface area contributed by atoms with Gasteiger partial charge < -0.3 is 9.64 Å². The van der Waals surface area contributed by atoms with E-state index in [0.29, 0.717) is 0 Å². The molecule has 6 heteroatoms. The number of piperazine rings is 1. The second kappa shape index (κ2) is 9.63. The van der Waals surface area contributed by atoms with Gasteiger partial charge in [0.05, 0.1) is 23.0 Å². The van der Waals surface area contributed by atoms with Crippen molar-refractivity contribution >= 4 is 39.0 Å². The predicted molar refractivity (Wildman–Crippen MR) is 121 cm³/mol.